The summed E-state index contributed by atoms with van der Waals surface area (Å²) in [6.07, 6.45) is 1.49. The van der Waals surface area contributed by atoms with Crippen molar-refractivity contribution in [3.05, 3.63) is 54.1 Å². The fourth-order valence-corrected chi connectivity index (χ4v) is 2.92. The first-order chi connectivity index (χ1) is 13.0. The molecule has 3 heterocycles. The molecule has 0 saturated carbocycles. The number of aromatic nitrogens is 2. The molecule has 1 aliphatic heterocycles. The van der Waals surface area contributed by atoms with Crippen molar-refractivity contribution < 1.29 is 23.3 Å². The monoisotopic (exact) mass is 368 g/mol. The van der Waals surface area contributed by atoms with E-state index in [1.807, 2.05) is 0 Å². The Morgan fingerprint density at radius 3 is 2.67 bits per heavy atom. The Labute approximate surface area is 153 Å². The van der Waals surface area contributed by atoms with Gasteiger partial charge in [0.05, 0.1) is 13.4 Å². The zero-order chi connectivity index (χ0) is 19.0. The smallest absolute Gasteiger partial charge is 0.325 e. The Bertz CT molecular complexity index is 980. The van der Waals surface area contributed by atoms with Gasteiger partial charge in [0.15, 0.2) is 5.76 Å². The normalized spacial score (nSPS) is 19.4. The van der Waals surface area contributed by atoms with Gasteiger partial charge in [-0.1, -0.05) is 17.3 Å². The molecule has 9 nitrogen and oxygen atoms in total. The van der Waals surface area contributed by atoms with Crippen molar-refractivity contribution in [3.8, 4) is 17.3 Å². The molecule has 1 N–H and O–H groups in total. The molecule has 138 valence electrons. The number of ether oxygens (including phenoxy) is 1. The summed E-state index contributed by atoms with van der Waals surface area (Å²) >= 11 is 0. The topological polar surface area (TPSA) is 111 Å². The lowest BCUT2D eigenvalue weighted by atomic mass is 9.92. The number of nitrogens with zero attached hydrogens (tertiary/aromatic N) is 3. The molecule has 1 aromatic carbocycles. The molecule has 1 aliphatic rings. The molecule has 0 aliphatic carbocycles. The van der Waals surface area contributed by atoms with E-state index in [-0.39, 0.29) is 18.3 Å². The summed E-state index contributed by atoms with van der Waals surface area (Å²) in [6.45, 7) is 1.52. The van der Waals surface area contributed by atoms with E-state index in [0.29, 0.717) is 17.1 Å². The zero-order valence-electron chi connectivity index (χ0n) is 14.6. The molecule has 9 heteroatoms. The van der Waals surface area contributed by atoms with Gasteiger partial charge in [0, 0.05) is 0 Å². The van der Waals surface area contributed by atoms with Crippen LogP contribution in [0.25, 0.3) is 11.6 Å². The number of hydrogen-bond acceptors (Lipinski definition) is 7. The van der Waals surface area contributed by atoms with Crippen LogP contribution >= 0.6 is 0 Å². The second kappa shape index (κ2) is 6.27. The van der Waals surface area contributed by atoms with Crippen LogP contribution in [0.4, 0.5) is 4.79 Å². The summed E-state index contributed by atoms with van der Waals surface area (Å²) < 4.78 is 15.5. The second-order valence-electron chi connectivity index (χ2n) is 6.16. The van der Waals surface area contributed by atoms with Crippen molar-refractivity contribution in [1.82, 2.24) is 20.4 Å². The van der Waals surface area contributed by atoms with Crippen LogP contribution < -0.4 is 10.1 Å². The highest BCUT2D eigenvalue weighted by molar-refractivity contribution is 6.07. The molecule has 4 rings (SSSR count). The first-order valence-corrected chi connectivity index (χ1v) is 8.16. The molecule has 0 radical (unpaired) electrons. The maximum atomic E-state index is 12.9. The number of rotatable bonds is 5. The van der Waals surface area contributed by atoms with Crippen LogP contribution in [0.2, 0.25) is 0 Å². The highest BCUT2D eigenvalue weighted by Gasteiger charge is 2.49. The van der Waals surface area contributed by atoms with E-state index in [2.05, 4.69) is 15.5 Å². The average Bonchev–Trinajstić information content (AvgIpc) is 3.40. The van der Waals surface area contributed by atoms with Crippen LogP contribution in [0.1, 0.15) is 18.4 Å². The van der Waals surface area contributed by atoms with Crippen LogP contribution in [0.5, 0.6) is 5.75 Å². The van der Waals surface area contributed by atoms with Gasteiger partial charge in [0.25, 0.3) is 5.91 Å². The van der Waals surface area contributed by atoms with Crippen LogP contribution in [-0.2, 0) is 16.9 Å². The van der Waals surface area contributed by atoms with Crippen molar-refractivity contribution in [2.45, 2.75) is 19.0 Å². The van der Waals surface area contributed by atoms with E-state index >= 15 is 0 Å². The number of urea groups is 1. The highest BCUT2D eigenvalue weighted by atomic mass is 16.5. The second-order valence-corrected chi connectivity index (χ2v) is 6.16. The summed E-state index contributed by atoms with van der Waals surface area (Å²) in [6, 6.07) is 9.79. The third kappa shape index (κ3) is 2.82. The summed E-state index contributed by atoms with van der Waals surface area (Å²) in [4.78, 5) is 30.5. The summed E-state index contributed by atoms with van der Waals surface area (Å²) in [5.74, 6) is 1.07. The minimum atomic E-state index is -1.19. The lowest BCUT2D eigenvalue weighted by Crippen LogP contribution is -2.40. The number of methoxy groups -OCH3 is 1. The predicted molar refractivity (Wildman–Crippen MR) is 91.4 cm³/mol. The number of carbonyl (C=O) groups is 2. The third-order valence-electron chi connectivity index (χ3n) is 4.45. The van der Waals surface area contributed by atoms with E-state index in [9.17, 15) is 9.59 Å². The molecule has 0 spiro atoms. The maximum Gasteiger partial charge on any atom is 0.325 e. The lowest BCUT2D eigenvalue weighted by Gasteiger charge is -2.22. The van der Waals surface area contributed by atoms with E-state index in [0.717, 1.165) is 4.90 Å². The van der Waals surface area contributed by atoms with Gasteiger partial charge in [-0.05, 0) is 36.8 Å². The summed E-state index contributed by atoms with van der Waals surface area (Å²) in [5.41, 5.74) is -0.543. The lowest BCUT2D eigenvalue weighted by molar-refractivity contribution is -0.131. The fraction of sp³-hybridized carbons (Fsp3) is 0.222. The number of benzene rings is 1. The van der Waals surface area contributed by atoms with E-state index in [4.69, 9.17) is 13.7 Å². The van der Waals surface area contributed by atoms with Crippen molar-refractivity contribution in [1.29, 1.82) is 0 Å². The Morgan fingerprint density at radius 2 is 2.00 bits per heavy atom. The number of nitrogens with one attached hydrogen (secondary N) is 1. The minimum absolute atomic E-state index is 0.129. The summed E-state index contributed by atoms with van der Waals surface area (Å²) in [5, 5.41) is 6.53. The zero-order valence-corrected chi connectivity index (χ0v) is 14.6. The van der Waals surface area contributed by atoms with E-state index < -0.39 is 17.5 Å². The maximum absolute atomic E-state index is 12.9. The van der Waals surface area contributed by atoms with Gasteiger partial charge in [-0.15, -0.1) is 0 Å². The van der Waals surface area contributed by atoms with Crippen molar-refractivity contribution in [2.75, 3.05) is 7.11 Å². The first-order valence-electron chi connectivity index (χ1n) is 8.16. The van der Waals surface area contributed by atoms with Gasteiger partial charge in [0.1, 0.15) is 17.8 Å². The van der Waals surface area contributed by atoms with Gasteiger partial charge in [-0.2, -0.15) is 4.98 Å². The number of amides is 3. The Morgan fingerprint density at radius 1 is 1.22 bits per heavy atom. The Hall–Kier alpha value is -3.62. The molecule has 0 unspecified atom stereocenters. The number of furan rings is 1. The van der Waals surface area contributed by atoms with Crippen molar-refractivity contribution in [3.63, 3.8) is 0 Å². The Kier molecular flexibility index (Phi) is 3.91. The SMILES string of the molecule is COc1ccc([C@]2(C)NC(=O)N(Cc3nc(-c4ccco4)no3)C2=O)cc1. The fourth-order valence-electron chi connectivity index (χ4n) is 2.92. The van der Waals surface area contributed by atoms with Gasteiger partial charge < -0.3 is 19.0 Å². The van der Waals surface area contributed by atoms with Crippen LogP contribution in [0.3, 0.4) is 0 Å². The molecule has 27 heavy (non-hydrogen) atoms. The van der Waals surface area contributed by atoms with Gasteiger partial charge in [0.2, 0.25) is 11.7 Å². The molecular formula is C18H16N4O5. The quantitative estimate of drug-likeness (QED) is 0.688. The number of carbonyl (C=O) groups excluding carboxylic acids is 2. The molecular weight excluding hydrogens is 352 g/mol. The molecule has 0 bridgehead atoms. The van der Waals surface area contributed by atoms with E-state index in [1.54, 1.807) is 50.4 Å². The predicted octanol–water partition coefficient (Wildman–Crippen LogP) is 2.31. The van der Waals surface area contributed by atoms with E-state index in [1.165, 1.54) is 6.26 Å². The molecule has 3 amide bonds. The molecule has 1 atom stereocenters. The van der Waals surface area contributed by atoms with Crippen molar-refractivity contribution in [2.24, 2.45) is 0 Å². The number of imide groups is 1. The first kappa shape index (κ1) is 16.8. The van der Waals surface area contributed by atoms with Crippen LogP contribution in [0, 0.1) is 0 Å². The van der Waals surface area contributed by atoms with Gasteiger partial charge in [-0.25, -0.2) is 4.79 Å². The number of hydrogen-bond donors (Lipinski definition) is 1. The largest absolute Gasteiger partial charge is 0.497 e. The third-order valence-corrected chi connectivity index (χ3v) is 4.45. The molecule has 2 aromatic heterocycles. The standard InChI is InChI=1S/C18H16N4O5/c1-18(11-5-7-12(25-2)8-6-11)16(23)22(17(24)20-18)10-14-19-15(21-27-14)13-4-3-9-26-13/h3-9H,10H2,1-2H3,(H,20,24)/t18-/m0/s1. The summed E-state index contributed by atoms with van der Waals surface area (Å²) in [7, 11) is 1.56. The van der Waals surface area contributed by atoms with Gasteiger partial charge >= 0.3 is 6.03 Å². The van der Waals surface area contributed by atoms with Crippen LogP contribution in [-0.4, -0.2) is 34.1 Å². The molecule has 1 fully saturated rings. The molecule has 1 saturated heterocycles. The molecule has 3 aromatic rings. The average molecular weight is 368 g/mol. The highest BCUT2D eigenvalue weighted by Crippen LogP contribution is 2.31. The minimum Gasteiger partial charge on any atom is -0.497 e. The van der Waals surface area contributed by atoms with Crippen LogP contribution in [0.15, 0.2) is 51.6 Å². The van der Waals surface area contributed by atoms with Crippen molar-refractivity contribution >= 4 is 11.9 Å². The van der Waals surface area contributed by atoms with Gasteiger partial charge in [-0.3, -0.25) is 9.69 Å². The Balaban J connectivity index is 1.56.